The van der Waals surface area contributed by atoms with Crippen molar-refractivity contribution in [3.8, 4) is 0 Å². The number of aliphatic hydroxyl groups excluding tert-OH is 1. The van der Waals surface area contributed by atoms with Crippen LogP contribution in [0.2, 0.25) is 0 Å². The molecular weight excluding hydrogens is 152 g/mol. The summed E-state index contributed by atoms with van der Waals surface area (Å²) in [6.45, 7) is 0.614. The molecule has 1 aromatic carbocycles. The molecule has 0 heterocycles. The molecule has 0 aliphatic heterocycles. The standard InChI is InChI=1S/C10H12O2/c11-9-6-10(9)12-7-8-4-2-1-3-5-8/h1-5,9-11H,6-7H2/t9-,10-/m0/s1. The number of rotatable bonds is 3. The van der Waals surface area contributed by atoms with Gasteiger partial charge < -0.3 is 9.84 Å². The summed E-state index contributed by atoms with van der Waals surface area (Å²) in [5.41, 5.74) is 1.16. The van der Waals surface area contributed by atoms with E-state index in [4.69, 9.17) is 9.84 Å². The lowest BCUT2D eigenvalue weighted by Crippen LogP contribution is -1.99. The van der Waals surface area contributed by atoms with Crippen LogP contribution < -0.4 is 0 Å². The Morgan fingerprint density at radius 1 is 1.33 bits per heavy atom. The van der Waals surface area contributed by atoms with Gasteiger partial charge in [-0.15, -0.1) is 0 Å². The number of aliphatic hydroxyl groups is 1. The van der Waals surface area contributed by atoms with Gasteiger partial charge in [-0.2, -0.15) is 0 Å². The van der Waals surface area contributed by atoms with E-state index in [9.17, 15) is 0 Å². The van der Waals surface area contributed by atoms with E-state index in [0.717, 1.165) is 12.0 Å². The molecule has 2 atom stereocenters. The van der Waals surface area contributed by atoms with Gasteiger partial charge in [0.2, 0.25) is 0 Å². The number of hydrogen-bond acceptors (Lipinski definition) is 2. The number of ether oxygens (including phenoxy) is 1. The first-order valence-electron chi connectivity index (χ1n) is 4.20. The summed E-state index contributed by atoms with van der Waals surface area (Å²) in [6.07, 6.45) is 0.672. The van der Waals surface area contributed by atoms with Crippen LogP contribution in [0.1, 0.15) is 12.0 Å². The Morgan fingerprint density at radius 3 is 2.58 bits per heavy atom. The molecule has 12 heavy (non-hydrogen) atoms. The van der Waals surface area contributed by atoms with Crippen LogP contribution in [-0.2, 0) is 11.3 Å². The van der Waals surface area contributed by atoms with Crippen molar-refractivity contribution in [2.24, 2.45) is 0 Å². The predicted octanol–water partition coefficient (Wildman–Crippen LogP) is 1.34. The van der Waals surface area contributed by atoms with Crippen LogP contribution in [0, 0.1) is 0 Å². The van der Waals surface area contributed by atoms with Crippen LogP contribution in [-0.4, -0.2) is 17.3 Å². The Balaban J connectivity index is 1.80. The first kappa shape index (κ1) is 7.77. The van der Waals surface area contributed by atoms with E-state index in [0.29, 0.717) is 6.61 Å². The molecule has 0 amide bonds. The minimum atomic E-state index is -0.214. The third-order valence-corrected chi connectivity index (χ3v) is 2.01. The SMILES string of the molecule is O[C@H]1C[C@@H]1OCc1ccccc1. The summed E-state index contributed by atoms with van der Waals surface area (Å²) >= 11 is 0. The third-order valence-electron chi connectivity index (χ3n) is 2.01. The molecule has 0 spiro atoms. The molecule has 0 saturated heterocycles. The largest absolute Gasteiger partial charge is 0.390 e. The van der Waals surface area contributed by atoms with Crippen LogP contribution >= 0.6 is 0 Å². The summed E-state index contributed by atoms with van der Waals surface area (Å²) in [6, 6.07) is 10.0. The van der Waals surface area contributed by atoms with Crippen LogP contribution in [0.4, 0.5) is 0 Å². The maximum absolute atomic E-state index is 8.98. The monoisotopic (exact) mass is 164 g/mol. The zero-order valence-electron chi connectivity index (χ0n) is 6.81. The highest BCUT2D eigenvalue weighted by molar-refractivity contribution is 5.13. The van der Waals surface area contributed by atoms with Crippen LogP contribution in [0.5, 0.6) is 0 Å². The van der Waals surface area contributed by atoms with E-state index in [1.807, 2.05) is 30.3 Å². The fraction of sp³-hybridized carbons (Fsp3) is 0.400. The first-order valence-corrected chi connectivity index (χ1v) is 4.20. The molecule has 1 aliphatic rings. The predicted molar refractivity (Wildman–Crippen MR) is 45.6 cm³/mol. The van der Waals surface area contributed by atoms with Crippen molar-refractivity contribution >= 4 is 0 Å². The van der Waals surface area contributed by atoms with Gasteiger partial charge in [0, 0.05) is 6.42 Å². The van der Waals surface area contributed by atoms with Crippen molar-refractivity contribution in [3.05, 3.63) is 35.9 Å². The third kappa shape index (κ3) is 1.84. The quantitative estimate of drug-likeness (QED) is 0.730. The molecule has 0 radical (unpaired) electrons. The van der Waals surface area contributed by atoms with E-state index in [1.54, 1.807) is 0 Å². The Hall–Kier alpha value is -0.860. The smallest absolute Gasteiger partial charge is 0.0865 e. The Bertz CT molecular complexity index is 245. The maximum atomic E-state index is 8.98. The van der Waals surface area contributed by atoms with Crippen LogP contribution in [0.25, 0.3) is 0 Å². The lowest BCUT2D eigenvalue weighted by atomic mass is 10.2. The van der Waals surface area contributed by atoms with Gasteiger partial charge in [-0.1, -0.05) is 30.3 Å². The van der Waals surface area contributed by atoms with Gasteiger partial charge in [0.05, 0.1) is 18.8 Å². The molecule has 1 aliphatic carbocycles. The lowest BCUT2D eigenvalue weighted by Gasteiger charge is -2.01. The van der Waals surface area contributed by atoms with Crippen molar-refractivity contribution in [3.63, 3.8) is 0 Å². The van der Waals surface area contributed by atoms with Crippen molar-refractivity contribution < 1.29 is 9.84 Å². The topological polar surface area (TPSA) is 29.5 Å². The van der Waals surface area contributed by atoms with E-state index >= 15 is 0 Å². The highest BCUT2D eigenvalue weighted by atomic mass is 16.5. The van der Waals surface area contributed by atoms with Crippen molar-refractivity contribution in [1.29, 1.82) is 0 Å². The zero-order valence-corrected chi connectivity index (χ0v) is 6.81. The highest BCUT2D eigenvalue weighted by Gasteiger charge is 2.36. The molecule has 2 rings (SSSR count). The molecule has 2 heteroatoms. The van der Waals surface area contributed by atoms with Gasteiger partial charge in [-0.25, -0.2) is 0 Å². The summed E-state index contributed by atoms with van der Waals surface area (Å²) in [5, 5.41) is 8.98. The molecule has 1 fully saturated rings. The summed E-state index contributed by atoms with van der Waals surface area (Å²) < 4.78 is 5.40. The van der Waals surface area contributed by atoms with Crippen molar-refractivity contribution in [2.45, 2.75) is 25.2 Å². The fourth-order valence-corrected chi connectivity index (χ4v) is 1.12. The maximum Gasteiger partial charge on any atom is 0.0865 e. The Morgan fingerprint density at radius 2 is 2.00 bits per heavy atom. The zero-order chi connectivity index (χ0) is 8.39. The highest BCUT2D eigenvalue weighted by Crippen LogP contribution is 2.25. The number of benzene rings is 1. The van der Waals surface area contributed by atoms with Gasteiger partial charge >= 0.3 is 0 Å². The minimum Gasteiger partial charge on any atom is -0.390 e. The molecule has 0 bridgehead atoms. The van der Waals surface area contributed by atoms with E-state index < -0.39 is 0 Å². The van der Waals surface area contributed by atoms with E-state index in [1.165, 1.54) is 0 Å². The molecular formula is C10H12O2. The molecule has 0 aromatic heterocycles. The second-order valence-electron chi connectivity index (χ2n) is 3.14. The van der Waals surface area contributed by atoms with Crippen LogP contribution in [0.15, 0.2) is 30.3 Å². The molecule has 64 valence electrons. The fourth-order valence-electron chi connectivity index (χ4n) is 1.12. The molecule has 1 N–H and O–H groups in total. The second-order valence-corrected chi connectivity index (χ2v) is 3.14. The van der Waals surface area contributed by atoms with E-state index in [-0.39, 0.29) is 12.2 Å². The average Bonchev–Trinajstić information content (AvgIpc) is 2.81. The number of hydrogen-bond donors (Lipinski definition) is 1. The molecule has 0 unspecified atom stereocenters. The normalized spacial score (nSPS) is 27.1. The molecule has 1 aromatic rings. The molecule has 2 nitrogen and oxygen atoms in total. The van der Waals surface area contributed by atoms with E-state index in [2.05, 4.69) is 0 Å². The van der Waals surface area contributed by atoms with Gasteiger partial charge in [-0.05, 0) is 5.56 Å². The average molecular weight is 164 g/mol. The summed E-state index contributed by atoms with van der Waals surface area (Å²) in [7, 11) is 0. The van der Waals surface area contributed by atoms with Gasteiger partial charge in [-0.3, -0.25) is 0 Å². The first-order chi connectivity index (χ1) is 5.86. The Kier molecular flexibility index (Phi) is 2.11. The minimum absolute atomic E-state index is 0.0882. The summed E-state index contributed by atoms with van der Waals surface area (Å²) in [4.78, 5) is 0. The summed E-state index contributed by atoms with van der Waals surface area (Å²) in [5.74, 6) is 0. The van der Waals surface area contributed by atoms with Gasteiger partial charge in [0.25, 0.3) is 0 Å². The molecule has 1 saturated carbocycles. The Labute approximate surface area is 71.8 Å². The van der Waals surface area contributed by atoms with Gasteiger partial charge in [0.15, 0.2) is 0 Å². The lowest BCUT2D eigenvalue weighted by molar-refractivity contribution is 0.0715. The van der Waals surface area contributed by atoms with Crippen LogP contribution in [0.3, 0.4) is 0 Å². The van der Waals surface area contributed by atoms with Crippen molar-refractivity contribution in [2.75, 3.05) is 0 Å². The van der Waals surface area contributed by atoms with Crippen molar-refractivity contribution in [1.82, 2.24) is 0 Å². The van der Waals surface area contributed by atoms with Gasteiger partial charge in [0.1, 0.15) is 0 Å². The second kappa shape index (κ2) is 3.25.